The predicted octanol–water partition coefficient (Wildman–Crippen LogP) is 2.36. The lowest BCUT2D eigenvalue weighted by atomic mass is 10.1. The molecule has 6 N–H and O–H groups in total. The summed E-state index contributed by atoms with van der Waals surface area (Å²) >= 11 is 0. The third kappa shape index (κ3) is 3.09. The van der Waals surface area contributed by atoms with Crippen LogP contribution >= 0.6 is 0 Å². The Morgan fingerprint density at radius 2 is 1.96 bits per heavy atom. The zero-order valence-corrected chi connectivity index (χ0v) is 13.9. The minimum absolute atomic E-state index is 0.505. The van der Waals surface area contributed by atoms with E-state index in [0.29, 0.717) is 23.0 Å². The van der Waals surface area contributed by atoms with Crippen molar-refractivity contribution in [2.75, 3.05) is 23.4 Å². The summed E-state index contributed by atoms with van der Waals surface area (Å²) in [6, 6.07) is 10.6. The topological polar surface area (TPSA) is 124 Å². The molecule has 0 radical (unpaired) electrons. The molecule has 0 unspecified atom stereocenters. The summed E-state index contributed by atoms with van der Waals surface area (Å²) < 4.78 is 1.64. The lowest BCUT2D eigenvalue weighted by Gasteiger charge is -2.07. The zero-order chi connectivity index (χ0) is 18.0. The van der Waals surface area contributed by atoms with Gasteiger partial charge in [0.05, 0.1) is 17.1 Å². The molecule has 0 bridgehead atoms. The van der Waals surface area contributed by atoms with Crippen LogP contribution in [0.15, 0.2) is 42.6 Å². The molecule has 0 spiro atoms. The summed E-state index contributed by atoms with van der Waals surface area (Å²) in [5.74, 6) is 1.10. The molecule has 2 aromatic heterocycles. The highest BCUT2D eigenvalue weighted by Gasteiger charge is 2.19. The van der Waals surface area contributed by atoms with Crippen LogP contribution in [0.5, 0.6) is 0 Å². The van der Waals surface area contributed by atoms with Gasteiger partial charge in [0.15, 0.2) is 0 Å². The van der Waals surface area contributed by atoms with Crippen LogP contribution in [0.1, 0.15) is 5.56 Å². The summed E-state index contributed by atoms with van der Waals surface area (Å²) in [6.45, 7) is 1.86. The van der Waals surface area contributed by atoms with E-state index in [4.69, 9.17) is 11.5 Å². The number of nitrogens with two attached hydrogens (primary N) is 2. The van der Waals surface area contributed by atoms with Gasteiger partial charge in [-0.1, -0.05) is 18.2 Å². The minimum Gasteiger partial charge on any atom is -0.396 e. The van der Waals surface area contributed by atoms with Crippen LogP contribution in [0.3, 0.4) is 0 Å². The molecule has 2 amide bonds. The van der Waals surface area contributed by atoms with Crippen LogP contribution < -0.4 is 22.1 Å². The summed E-state index contributed by atoms with van der Waals surface area (Å²) in [6.07, 6.45) is 1.68. The lowest BCUT2D eigenvalue weighted by Crippen LogP contribution is -2.21. The number of amides is 2. The van der Waals surface area contributed by atoms with Gasteiger partial charge >= 0.3 is 6.03 Å². The fraction of sp³-hybridized carbons (Fsp3) is 0.118. The molecule has 8 heteroatoms. The van der Waals surface area contributed by atoms with E-state index in [9.17, 15) is 4.79 Å². The Morgan fingerprint density at radius 3 is 2.56 bits per heavy atom. The number of hydrogen-bond donors (Lipinski definition) is 4. The molecular weight excluding hydrogens is 318 g/mol. The monoisotopic (exact) mass is 337 g/mol. The normalized spacial score (nSPS) is 10.5. The maximum atomic E-state index is 11.4. The van der Waals surface area contributed by atoms with Crippen LogP contribution in [-0.2, 0) is 0 Å². The highest BCUT2D eigenvalue weighted by atomic mass is 16.2. The number of nitrogens with zero attached hydrogens (tertiary/aromatic N) is 3. The van der Waals surface area contributed by atoms with Gasteiger partial charge in [0.25, 0.3) is 0 Å². The molecule has 0 saturated heterocycles. The van der Waals surface area contributed by atoms with Gasteiger partial charge in [-0.2, -0.15) is 5.10 Å². The van der Waals surface area contributed by atoms with Crippen LogP contribution in [0.4, 0.5) is 22.1 Å². The second kappa shape index (κ2) is 6.52. The first-order valence-electron chi connectivity index (χ1n) is 7.66. The van der Waals surface area contributed by atoms with Crippen molar-refractivity contribution < 1.29 is 4.79 Å². The largest absolute Gasteiger partial charge is 0.396 e. The van der Waals surface area contributed by atoms with Gasteiger partial charge in [-0.25, -0.2) is 14.5 Å². The van der Waals surface area contributed by atoms with Crippen molar-refractivity contribution in [3.63, 3.8) is 0 Å². The van der Waals surface area contributed by atoms with Crippen molar-refractivity contribution in [2.24, 2.45) is 5.73 Å². The Labute approximate surface area is 144 Å². The molecular formula is C17H19N7O. The van der Waals surface area contributed by atoms with Crippen LogP contribution in [-0.4, -0.2) is 27.8 Å². The van der Waals surface area contributed by atoms with E-state index in [1.54, 1.807) is 24.0 Å². The van der Waals surface area contributed by atoms with Gasteiger partial charge in [-0.15, -0.1) is 0 Å². The minimum atomic E-state index is -0.657. The third-order valence-corrected chi connectivity index (χ3v) is 3.79. The van der Waals surface area contributed by atoms with Crippen molar-refractivity contribution >= 4 is 23.4 Å². The molecule has 0 saturated carbocycles. The molecule has 128 valence electrons. The zero-order valence-electron chi connectivity index (χ0n) is 13.9. The van der Waals surface area contributed by atoms with Crippen molar-refractivity contribution in [1.82, 2.24) is 14.8 Å². The van der Waals surface area contributed by atoms with Gasteiger partial charge in [0.2, 0.25) is 0 Å². The Hall–Kier alpha value is -3.55. The van der Waals surface area contributed by atoms with Gasteiger partial charge < -0.3 is 16.8 Å². The van der Waals surface area contributed by atoms with E-state index in [0.717, 1.165) is 16.8 Å². The van der Waals surface area contributed by atoms with Crippen molar-refractivity contribution in [1.29, 1.82) is 0 Å². The Kier molecular flexibility index (Phi) is 4.25. The SMILES string of the molecule is CNc1ncc(-c2nn(-c3ccccc3)c(NC(N)=O)c2C)cc1N. The van der Waals surface area contributed by atoms with Crippen LogP contribution in [0.2, 0.25) is 0 Å². The summed E-state index contributed by atoms with van der Waals surface area (Å²) in [5.41, 5.74) is 14.8. The number of nitrogen functional groups attached to an aromatic ring is 1. The molecule has 3 rings (SSSR count). The molecule has 0 aliphatic carbocycles. The van der Waals surface area contributed by atoms with E-state index in [1.807, 2.05) is 37.3 Å². The smallest absolute Gasteiger partial charge is 0.317 e. The molecule has 0 fully saturated rings. The average molecular weight is 337 g/mol. The fourth-order valence-corrected chi connectivity index (χ4v) is 2.61. The number of pyridine rings is 1. The number of carbonyl (C=O) groups excluding carboxylic acids is 1. The number of nitrogens with one attached hydrogen (secondary N) is 2. The molecule has 0 atom stereocenters. The number of benzene rings is 1. The Bertz CT molecular complexity index is 918. The van der Waals surface area contributed by atoms with Crippen LogP contribution in [0, 0.1) is 6.92 Å². The molecule has 25 heavy (non-hydrogen) atoms. The van der Waals surface area contributed by atoms with E-state index >= 15 is 0 Å². The van der Waals surface area contributed by atoms with Crippen molar-refractivity contribution in [3.8, 4) is 16.9 Å². The lowest BCUT2D eigenvalue weighted by molar-refractivity contribution is 0.259. The number of aromatic nitrogens is 3. The van der Waals surface area contributed by atoms with Crippen molar-refractivity contribution in [2.45, 2.75) is 6.92 Å². The Morgan fingerprint density at radius 1 is 1.24 bits per heavy atom. The number of hydrogen-bond acceptors (Lipinski definition) is 5. The predicted molar refractivity (Wildman–Crippen MR) is 98.7 cm³/mol. The van der Waals surface area contributed by atoms with Gasteiger partial charge in [-0.05, 0) is 25.1 Å². The van der Waals surface area contributed by atoms with Crippen LogP contribution in [0.25, 0.3) is 16.9 Å². The number of anilines is 3. The highest BCUT2D eigenvalue weighted by Crippen LogP contribution is 2.32. The maximum absolute atomic E-state index is 11.4. The third-order valence-electron chi connectivity index (χ3n) is 3.79. The average Bonchev–Trinajstić information content (AvgIpc) is 2.92. The quantitative estimate of drug-likeness (QED) is 0.582. The molecule has 2 heterocycles. The maximum Gasteiger partial charge on any atom is 0.317 e. The van der Waals surface area contributed by atoms with E-state index in [-0.39, 0.29) is 0 Å². The molecule has 3 aromatic rings. The van der Waals surface area contributed by atoms with Gasteiger partial charge in [-0.3, -0.25) is 5.32 Å². The van der Waals surface area contributed by atoms with E-state index in [2.05, 4.69) is 20.7 Å². The second-order valence-corrected chi connectivity index (χ2v) is 5.47. The fourth-order valence-electron chi connectivity index (χ4n) is 2.61. The van der Waals surface area contributed by atoms with Crippen molar-refractivity contribution in [3.05, 3.63) is 48.2 Å². The first-order valence-corrected chi connectivity index (χ1v) is 7.66. The molecule has 8 nitrogen and oxygen atoms in total. The standard InChI is InChI=1S/C17H19N7O/c1-10-14(11-8-13(18)15(20-2)21-9-11)23-24(16(10)22-17(19)25)12-6-4-3-5-7-12/h3-9H,18H2,1-2H3,(H,20,21)(H3,19,22,25). The van der Waals surface area contributed by atoms with Gasteiger partial charge in [0, 0.05) is 24.4 Å². The summed E-state index contributed by atoms with van der Waals surface area (Å²) in [4.78, 5) is 15.7. The molecule has 1 aromatic carbocycles. The molecule has 0 aliphatic rings. The number of primary amides is 1. The first kappa shape index (κ1) is 16.3. The second-order valence-electron chi connectivity index (χ2n) is 5.47. The summed E-state index contributed by atoms with van der Waals surface area (Å²) in [5, 5.41) is 10.2. The number of rotatable bonds is 4. The van der Waals surface area contributed by atoms with Gasteiger partial charge in [0.1, 0.15) is 11.6 Å². The number of para-hydroxylation sites is 1. The van der Waals surface area contributed by atoms with E-state index < -0.39 is 6.03 Å². The number of urea groups is 1. The Balaban J connectivity index is 2.17. The number of carbonyl (C=O) groups is 1. The highest BCUT2D eigenvalue weighted by molar-refractivity contribution is 5.89. The summed E-state index contributed by atoms with van der Waals surface area (Å²) in [7, 11) is 1.75. The molecule has 0 aliphatic heterocycles. The first-order chi connectivity index (χ1) is 12.0. The van der Waals surface area contributed by atoms with E-state index in [1.165, 1.54) is 0 Å².